The SMILES string of the molecule is O[C@H]1CCc2cccc(Nc3nc4ccc(Br)cc4[nH]3)c2C1. The Morgan fingerprint density at radius 3 is 3.09 bits per heavy atom. The van der Waals surface area contributed by atoms with Crippen LogP contribution in [-0.4, -0.2) is 21.2 Å². The zero-order valence-corrected chi connectivity index (χ0v) is 13.5. The minimum Gasteiger partial charge on any atom is -0.393 e. The third kappa shape index (κ3) is 2.51. The number of aliphatic hydroxyl groups excluding tert-OH is 1. The van der Waals surface area contributed by atoms with Gasteiger partial charge in [0, 0.05) is 16.6 Å². The maximum atomic E-state index is 9.93. The number of H-pyrrole nitrogens is 1. The molecule has 0 fully saturated rings. The van der Waals surface area contributed by atoms with E-state index in [-0.39, 0.29) is 6.10 Å². The Bertz CT molecular complexity index is 843. The highest BCUT2D eigenvalue weighted by Crippen LogP contribution is 2.30. The number of halogens is 1. The predicted octanol–water partition coefficient (Wildman–Crippen LogP) is 3.92. The van der Waals surface area contributed by atoms with Gasteiger partial charge in [-0.15, -0.1) is 0 Å². The maximum absolute atomic E-state index is 9.93. The summed E-state index contributed by atoms with van der Waals surface area (Å²) in [6.45, 7) is 0. The number of benzene rings is 2. The molecule has 1 heterocycles. The molecule has 1 aliphatic rings. The van der Waals surface area contributed by atoms with Crippen molar-refractivity contribution in [3.63, 3.8) is 0 Å². The van der Waals surface area contributed by atoms with E-state index in [1.165, 1.54) is 11.1 Å². The number of aryl methyl sites for hydroxylation is 1. The molecule has 3 aromatic rings. The summed E-state index contributed by atoms with van der Waals surface area (Å²) in [7, 11) is 0. The van der Waals surface area contributed by atoms with E-state index in [1.807, 2.05) is 24.3 Å². The minimum atomic E-state index is -0.248. The summed E-state index contributed by atoms with van der Waals surface area (Å²) in [5, 5.41) is 13.3. The number of hydrogen-bond acceptors (Lipinski definition) is 3. The standard InChI is InChI=1S/C17H16BrN3O/c18-11-5-7-15-16(8-11)21-17(20-15)19-14-3-1-2-10-4-6-12(22)9-13(10)14/h1-3,5,7-8,12,22H,4,6,9H2,(H2,19,20,21)/t12-/m0/s1. The quantitative estimate of drug-likeness (QED) is 0.651. The molecule has 5 heteroatoms. The van der Waals surface area contributed by atoms with Gasteiger partial charge in [-0.2, -0.15) is 0 Å². The monoisotopic (exact) mass is 357 g/mol. The molecule has 22 heavy (non-hydrogen) atoms. The molecule has 0 aliphatic heterocycles. The van der Waals surface area contributed by atoms with Gasteiger partial charge in [-0.3, -0.25) is 0 Å². The van der Waals surface area contributed by atoms with Crippen molar-refractivity contribution < 1.29 is 5.11 Å². The largest absolute Gasteiger partial charge is 0.393 e. The Labute approximate surface area is 136 Å². The number of hydrogen-bond donors (Lipinski definition) is 3. The number of aliphatic hydroxyl groups is 1. The van der Waals surface area contributed by atoms with E-state index in [9.17, 15) is 5.11 Å². The first-order valence-electron chi connectivity index (χ1n) is 7.40. The van der Waals surface area contributed by atoms with Crippen molar-refractivity contribution in [3.05, 3.63) is 52.0 Å². The third-order valence-electron chi connectivity index (χ3n) is 4.16. The normalized spacial score (nSPS) is 17.5. The molecule has 0 bridgehead atoms. The second-order valence-corrected chi connectivity index (χ2v) is 6.63. The smallest absolute Gasteiger partial charge is 0.205 e. The van der Waals surface area contributed by atoms with Crippen molar-refractivity contribution in [2.75, 3.05) is 5.32 Å². The number of rotatable bonds is 2. The Balaban J connectivity index is 1.70. The maximum Gasteiger partial charge on any atom is 0.205 e. The predicted molar refractivity (Wildman–Crippen MR) is 91.6 cm³/mol. The molecule has 112 valence electrons. The fraction of sp³-hybridized carbons (Fsp3) is 0.235. The summed E-state index contributed by atoms with van der Waals surface area (Å²) in [6.07, 6.45) is 2.22. The van der Waals surface area contributed by atoms with E-state index in [1.54, 1.807) is 0 Å². The van der Waals surface area contributed by atoms with Gasteiger partial charge in [-0.05, 0) is 48.2 Å². The molecule has 2 aromatic carbocycles. The minimum absolute atomic E-state index is 0.248. The number of anilines is 2. The fourth-order valence-corrected chi connectivity index (χ4v) is 3.42. The second kappa shape index (κ2) is 5.41. The Morgan fingerprint density at radius 2 is 2.18 bits per heavy atom. The zero-order valence-electron chi connectivity index (χ0n) is 11.9. The number of aromatic amines is 1. The average molecular weight is 358 g/mol. The van der Waals surface area contributed by atoms with Gasteiger partial charge in [0.1, 0.15) is 0 Å². The topological polar surface area (TPSA) is 60.9 Å². The number of aromatic nitrogens is 2. The van der Waals surface area contributed by atoms with Crippen LogP contribution in [0.15, 0.2) is 40.9 Å². The molecule has 3 N–H and O–H groups in total. The molecule has 0 saturated heterocycles. The van der Waals surface area contributed by atoms with Crippen molar-refractivity contribution in [2.24, 2.45) is 0 Å². The summed E-state index contributed by atoms with van der Waals surface area (Å²) >= 11 is 3.47. The lowest BCUT2D eigenvalue weighted by atomic mass is 9.88. The third-order valence-corrected chi connectivity index (χ3v) is 4.65. The lowest BCUT2D eigenvalue weighted by Crippen LogP contribution is -2.19. The second-order valence-electron chi connectivity index (χ2n) is 5.71. The lowest BCUT2D eigenvalue weighted by molar-refractivity contribution is 0.159. The Morgan fingerprint density at radius 1 is 1.27 bits per heavy atom. The van der Waals surface area contributed by atoms with Crippen molar-refractivity contribution in [1.29, 1.82) is 0 Å². The van der Waals surface area contributed by atoms with Crippen molar-refractivity contribution >= 4 is 38.6 Å². The van der Waals surface area contributed by atoms with Crippen LogP contribution in [0.3, 0.4) is 0 Å². The van der Waals surface area contributed by atoms with Crippen LogP contribution in [0.4, 0.5) is 11.6 Å². The molecular formula is C17H16BrN3O. The first-order chi connectivity index (χ1) is 10.7. The van der Waals surface area contributed by atoms with E-state index in [4.69, 9.17) is 0 Å². The van der Waals surface area contributed by atoms with Gasteiger partial charge in [0.2, 0.25) is 5.95 Å². The summed E-state index contributed by atoms with van der Waals surface area (Å²) in [4.78, 5) is 7.86. The van der Waals surface area contributed by atoms with Crippen LogP contribution >= 0.6 is 15.9 Å². The molecule has 0 spiro atoms. The van der Waals surface area contributed by atoms with Gasteiger partial charge in [0.25, 0.3) is 0 Å². The first kappa shape index (κ1) is 13.8. The number of nitrogens with one attached hydrogen (secondary N) is 2. The van der Waals surface area contributed by atoms with Crippen LogP contribution in [0.1, 0.15) is 17.5 Å². The highest BCUT2D eigenvalue weighted by Gasteiger charge is 2.19. The van der Waals surface area contributed by atoms with Crippen LogP contribution < -0.4 is 5.32 Å². The molecule has 1 aliphatic carbocycles. The van der Waals surface area contributed by atoms with Crippen LogP contribution in [0.25, 0.3) is 11.0 Å². The van der Waals surface area contributed by atoms with Crippen molar-refractivity contribution in [1.82, 2.24) is 9.97 Å². The highest BCUT2D eigenvalue weighted by molar-refractivity contribution is 9.10. The Kier molecular flexibility index (Phi) is 3.39. The van der Waals surface area contributed by atoms with E-state index in [0.29, 0.717) is 6.42 Å². The molecular weight excluding hydrogens is 342 g/mol. The van der Waals surface area contributed by atoms with Gasteiger partial charge >= 0.3 is 0 Å². The summed E-state index contributed by atoms with van der Waals surface area (Å²) < 4.78 is 1.02. The van der Waals surface area contributed by atoms with Gasteiger partial charge in [0.15, 0.2) is 0 Å². The average Bonchev–Trinajstić information content (AvgIpc) is 2.89. The van der Waals surface area contributed by atoms with E-state index in [0.717, 1.165) is 40.0 Å². The summed E-state index contributed by atoms with van der Waals surface area (Å²) in [5.74, 6) is 0.724. The molecule has 0 saturated carbocycles. The van der Waals surface area contributed by atoms with Gasteiger partial charge < -0.3 is 15.4 Å². The van der Waals surface area contributed by atoms with Gasteiger partial charge in [-0.25, -0.2) is 4.98 Å². The van der Waals surface area contributed by atoms with Crippen molar-refractivity contribution in [3.8, 4) is 0 Å². The molecule has 0 unspecified atom stereocenters. The highest BCUT2D eigenvalue weighted by atomic mass is 79.9. The van der Waals surface area contributed by atoms with Crippen LogP contribution in [0.2, 0.25) is 0 Å². The molecule has 0 radical (unpaired) electrons. The molecule has 4 nitrogen and oxygen atoms in total. The Hall–Kier alpha value is -1.85. The lowest BCUT2D eigenvalue weighted by Gasteiger charge is -2.23. The van der Waals surface area contributed by atoms with Crippen molar-refractivity contribution in [2.45, 2.75) is 25.4 Å². The number of fused-ring (bicyclic) bond motifs is 2. The first-order valence-corrected chi connectivity index (χ1v) is 8.19. The molecule has 0 amide bonds. The van der Waals surface area contributed by atoms with E-state index >= 15 is 0 Å². The number of imidazole rings is 1. The number of nitrogens with zero attached hydrogens (tertiary/aromatic N) is 1. The van der Waals surface area contributed by atoms with E-state index in [2.05, 4.69) is 43.3 Å². The van der Waals surface area contributed by atoms with Crippen LogP contribution in [0.5, 0.6) is 0 Å². The van der Waals surface area contributed by atoms with E-state index < -0.39 is 0 Å². The molecule has 1 atom stereocenters. The van der Waals surface area contributed by atoms with Gasteiger partial charge in [-0.1, -0.05) is 28.1 Å². The summed E-state index contributed by atoms with van der Waals surface area (Å²) in [6, 6.07) is 12.2. The molecule has 1 aromatic heterocycles. The van der Waals surface area contributed by atoms with Crippen LogP contribution in [0, 0.1) is 0 Å². The van der Waals surface area contributed by atoms with Gasteiger partial charge in [0.05, 0.1) is 17.1 Å². The van der Waals surface area contributed by atoms with Crippen LogP contribution in [-0.2, 0) is 12.8 Å². The zero-order chi connectivity index (χ0) is 15.1. The fourth-order valence-electron chi connectivity index (χ4n) is 3.06. The summed E-state index contributed by atoms with van der Waals surface area (Å²) in [5.41, 5.74) is 5.45. The molecule has 4 rings (SSSR count).